The fraction of sp³-hybridized carbons (Fsp3) is 0.625. The van der Waals surface area contributed by atoms with E-state index in [0.29, 0.717) is 13.2 Å². The van der Waals surface area contributed by atoms with Gasteiger partial charge in [0.25, 0.3) is 0 Å². The van der Waals surface area contributed by atoms with Crippen LogP contribution >= 0.6 is 0 Å². The van der Waals surface area contributed by atoms with Gasteiger partial charge >= 0.3 is 0 Å². The fourth-order valence-electron chi connectivity index (χ4n) is 1.07. The lowest BCUT2D eigenvalue weighted by molar-refractivity contribution is 0.172. The molecule has 0 radical (unpaired) electrons. The van der Waals surface area contributed by atoms with Gasteiger partial charge in [0.2, 0.25) is 0 Å². The third-order valence-corrected chi connectivity index (χ3v) is 1.58. The van der Waals surface area contributed by atoms with E-state index in [2.05, 4.69) is 5.10 Å². The Bertz CT molecular complexity index is 234. The van der Waals surface area contributed by atoms with Gasteiger partial charge in [-0.3, -0.25) is 4.68 Å². The Hall–Kier alpha value is -0.870. The predicted octanol–water partition coefficient (Wildman–Crippen LogP) is 0.165. The zero-order valence-corrected chi connectivity index (χ0v) is 7.53. The van der Waals surface area contributed by atoms with Gasteiger partial charge in [0.1, 0.15) is 0 Å². The van der Waals surface area contributed by atoms with Gasteiger partial charge in [0, 0.05) is 19.3 Å². The summed E-state index contributed by atoms with van der Waals surface area (Å²) in [6.07, 6.45) is 1.92. The van der Waals surface area contributed by atoms with Crippen LogP contribution in [0.5, 0.6) is 0 Å². The highest BCUT2D eigenvalue weighted by atomic mass is 16.5. The monoisotopic (exact) mass is 169 g/mol. The Kier molecular flexibility index (Phi) is 3.25. The Morgan fingerprint density at radius 3 is 3.00 bits per heavy atom. The number of nitrogens with zero attached hydrogens (tertiary/aromatic N) is 2. The number of ether oxygens (including phenoxy) is 1. The molecule has 1 aromatic rings. The Morgan fingerprint density at radius 1 is 1.75 bits per heavy atom. The van der Waals surface area contributed by atoms with Crippen LogP contribution in [-0.2, 0) is 11.3 Å². The van der Waals surface area contributed by atoms with Crippen molar-refractivity contribution < 1.29 is 4.74 Å². The largest absolute Gasteiger partial charge is 0.383 e. The molecule has 0 bridgehead atoms. The number of hydrogen-bond acceptors (Lipinski definition) is 3. The first kappa shape index (κ1) is 9.22. The molecule has 68 valence electrons. The van der Waals surface area contributed by atoms with Crippen molar-refractivity contribution in [2.24, 2.45) is 5.73 Å². The molecule has 0 aromatic carbocycles. The van der Waals surface area contributed by atoms with Gasteiger partial charge in [-0.1, -0.05) is 0 Å². The molecule has 0 aliphatic heterocycles. The quantitative estimate of drug-likeness (QED) is 0.698. The van der Waals surface area contributed by atoms with Crippen molar-refractivity contribution in [2.45, 2.75) is 19.5 Å². The minimum absolute atomic E-state index is 0.0225. The molecule has 4 nitrogen and oxygen atoms in total. The first-order valence-corrected chi connectivity index (χ1v) is 3.97. The molecular formula is C8H15N3O. The molecule has 1 atom stereocenters. The molecule has 1 aromatic heterocycles. The predicted molar refractivity (Wildman–Crippen MR) is 46.8 cm³/mol. The zero-order valence-electron chi connectivity index (χ0n) is 7.53. The number of methoxy groups -OCH3 is 1. The zero-order chi connectivity index (χ0) is 8.97. The van der Waals surface area contributed by atoms with Crippen molar-refractivity contribution in [3.05, 3.63) is 18.0 Å². The SMILES string of the molecule is COCC(N)Cn1ccc(C)n1. The number of aromatic nitrogens is 2. The molecule has 0 saturated carbocycles. The molecule has 0 aliphatic carbocycles. The second-order valence-electron chi connectivity index (χ2n) is 2.89. The number of nitrogens with two attached hydrogens (primary N) is 1. The van der Waals surface area contributed by atoms with Crippen LogP contribution in [0.4, 0.5) is 0 Å². The Balaban J connectivity index is 2.41. The van der Waals surface area contributed by atoms with Gasteiger partial charge in [0.15, 0.2) is 0 Å². The van der Waals surface area contributed by atoms with Crippen LogP contribution in [0, 0.1) is 6.92 Å². The van der Waals surface area contributed by atoms with E-state index >= 15 is 0 Å². The van der Waals surface area contributed by atoms with Gasteiger partial charge in [0.05, 0.1) is 18.8 Å². The Labute approximate surface area is 72.3 Å². The summed E-state index contributed by atoms with van der Waals surface area (Å²) in [6.45, 7) is 3.24. The van der Waals surface area contributed by atoms with E-state index in [0.717, 1.165) is 5.69 Å². The molecule has 2 N–H and O–H groups in total. The maximum Gasteiger partial charge on any atom is 0.0631 e. The molecule has 4 heteroatoms. The van der Waals surface area contributed by atoms with Crippen molar-refractivity contribution in [1.29, 1.82) is 0 Å². The van der Waals surface area contributed by atoms with Gasteiger partial charge in [-0.25, -0.2) is 0 Å². The highest BCUT2D eigenvalue weighted by molar-refractivity contribution is 4.94. The van der Waals surface area contributed by atoms with Crippen LogP contribution in [0.15, 0.2) is 12.3 Å². The van der Waals surface area contributed by atoms with Crippen LogP contribution in [0.1, 0.15) is 5.69 Å². The van der Waals surface area contributed by atoms with Gasteiger partial charge in [-0.2, -0.15) is 5.10 Å². The summed E-state index contributed by atoms with van der Waals surface area (Å²) in [5.41, 5.74) is 6.75. The summed E-state index contributed by atoms with van der Waals surface area (Å²) in [4.78, 5) is 0. The van der Waals surface area contributed by atoms with Crippen LogP contribution in [0.25, 0.3) is 0 Å². The second-order valence-corrected chi connectivity index (χ2v) is 2.89. The highest BCUT2D eigenvalue weighted by Crippen LogP contribution is 1.94. The van der Waals surface area contributed by atoms with E-state index in [1.54, 1.807) is 7.11 Å². The van der Waals surface area contributed by atoms with Crippen LogP contribution in [0.2, 0.25) is 0 Å². The highest BCUT2D eigenvalue weighted by Gasteiger charge is 2.02. The van der Waals surface area contributed by atoms with Crippen LogP contribution in [0.3, 0.4) is 0 Å². The smallest absolute Gasteiger partial charge is 0.0631 e. The average Bonchev–Trinajstić information content (AvgIpc) is 2.36. The lowest BCUT2D eigenvalue weighted by Crippen LogP contribution is -2.30. The van der Waals surface area contributed by atoms with E-state index in [1.165, 1.54) is 0 Å². The number of hydrogen-bond donors (Lipinski definition) is 1. The number of aryl methyl sites for hydroxylation is 1. The standard InChI is InChI=1S/C8H15N3O/c1-7-3-4-11(10-7)5-8(9)6-12-2/h3-4,8H,5-6,9H2,1-2H3. The van der Waals surface area contributed by atoms with E-state index in [-0.39, 0.29) is 6.04 Å². The fourth-order valence-corrected chi connectivity index (χ4v) is 1.07. The molecule has 0 saturated heterocycles. The van der Waals surface area contributed by atoms with Crippen LogP contribution in [-0.4, -0.2) is 29.5 Å². The van der Waals surface area contributed by atoms with Gasteiger partial charge in [-0.15, -0.1) is 0 Å². The maximum atomic E-state index is 5.74. The molecule has 1 unspecified atom stereocenters. The summed E-state index contributed by atoms with van der Waals surface area (Å²) in [5, 5.41) is 4.21. The minimum Gasteiger partial charge on any atom is -0.383 e. The summed E-state index contributed by atoms with van der Waals surface area (Å²) in [6, 6.07) is 1.98. The van der Waals surface area contributed by atoms with Gasteiger partial charge in [-0.05, 0) is 13.0 Å². The van der Waals surface area contributed by atoms with Crippen molar-refractivity contribution in [2.75, 3.05) is 13.7 Å². The maximum absolute atomic E-state index is 5.74. The van der Waals surface area contributed by atoms with E-state index < -0.39 is 0 Å². The molecule has 12 heavy (non-hydrogen) atoms. The molecule has 1 rings (SSSR count). The van der Waals surface area contributed by atoms with E-state index in [1.807, 2.05) is 23.9 Å². The third kappa shape index (κ3) is 2.64. The average molecular weight is 169 g/mol. The van der Waals surface area contributed by atoms with Crippen molar-refractivity contribution in [3.63, 3.8) is 0 Å². The minimum atomic E-state index is 0.0225. The number of rotatable bonds is 4. The second kappa shape index (κ2) is 4.23. The summed E-state index contributed by atoms with van der Waals surface area (Å²) in [5.74, 6) is 0. The Morgan fingerprint density at radius 2 is 2.50 bits per heavy atom. The summed E-state index contributed by atoms with van der Waals surface area (Å²) < 4.78 is 6.75. The van der Waals surface area contributed by atoms with E-state index in [9.17, 15) is 0 Å². The molecule has 0 amide bonds. The molecule has 0 fully saturated rings. The lowest BCUT2D eigenvalue weighted by atomic mass is 10.3. The third-order valence-electron chi connectivity index (χ3n) is 1.58. The summed E-state index contributed by atoms with van der Waals surface area (Å²) in [7, 11) is 1.65. The summed E-state index contributed by atoms with van der Waals surface area (Å²) >= 11 is 0. The molecule has 0 aliphatic rings. The van der Waals surface area contributed by atoms with E-state index in [4.69, 9.17) is 10.5 Å². The normalized spacial score (nSPS) is 13.2. The first-order valence-electron chi connectivity index (χ1n) is 3.97. The van der Waals surface area contributed by atoms with Crippen molar-refractivity contribution in [3.8, 4) is 0 Å². The molecular weight excluding hydrogens is 154 g/mol. The first-order chi connectivity index (χ1) is 5.72. The van der Waals surface area contributed by atoms with Crippen molar-refractivity contribution in [1.82, 2.24) is 9.78 Å². The lowest BCUT2D eigenvalue weighted by Gasteiger charge is -2.09. The van der Waals surface area contributed by atoms with Gasteiger partial charge < -0.3 is 10.5 Å². The molecule has 0 spiro atoms. The van der Waals surface area contributed by atoms with Crippen LogP contribution < -0.4 is 5.73 Å². The topological polar surface area (TPSA) is 53.1 Å². The molecule has 1 heterocycles. The van der Waals surface area contributed by atoms with Crippen molar-refractivity contribution >= 4 is 0 Å².